The van der Waals surface area contributed by atoms with E-state index in [0.717, 1.165) is 63.5 Å². The Balaban J connectivity index is 0.000000325. The Labute approximate surface area is 352 Å². The van der Waals surface area contributed by atoms with E-state index in [0.29, 0.717) is 64.8 Å². The van der Waals surface area contributed by atoms with Crippen LogP contribution in [-0.4, -0.2) is 88.9 Å². The summed E-state index contributed by atoms with van der Waals surface area (Å²) in [6, 6.07) is 13.0. The predicted octanol–water partition coefficient (Wildman–Crippen LogP) is 8.61. The lowest BCUT2D eigenvalue weighted by Gasteiger charge is -2.24. The van der Waals surface area contributed by atoms with Gasteiger partial charge in [0.25, 0.3) is 0 Å². The summed E-state index contributed by atoms with van der Waals surface area (Å²) in [5.74, 6) is -9.18. The van der Waals surface area contributed by atoms with Crippen LogP contribution in [0, 0.1) is 0 Å². The van der Waals surface area contributed by atoms with Gasteiger partial charge in [0, 0.05) is 49.9 Å². The molecule has 0 unspecified atom stereocenters. The Hall–Kier alpha value is -4.85. The maximum Gasteiger partial charge on any atom is 0.334 e. The Morgan fingerprint density at radius 2 is 1.15 bits per heavy atom. The Morgan fingerprint density at radius 3 is 1.62 bits per heavy atom. The van der Waals surface area contributed by atoms with Gasteiger partial charge in [0.15, 0.2) is 0 Å². The molecule has 60 heavy (non-hydrogen) atoms. The minimum Gasteiger partial charge on any atom is -0.466 e. The maximum absolute atomic E-state index is 14.6. The molecule has 2 aromatic rings. The Kier molecular flexibility index (Phi) is 20.5. The highest BCUT2D eigenvalue weighted by molar-refractivity contribution is 5.96. The van der Waals surface area contributed by atoms with Gasteiger partial charge in [0.05, 0.1) is 26.7 Å². The predicted molar refractivity (Wildman–Crippen MR) is 219 cm³/mol. The van der Waals surface area contributed by atoms with Crippen molar-refractivity contribution in [1.29, 1.82) is 0 Å². The number of carbonyl (C=O) groups is 5. The zero-order chi connectivity index (χ0) is 44.9. The van der Waals surface area contributed by atoms with Crippen LogP contribution < -0.4 is 0 Å². The molecule has 0 bridgehead atoms. The summed E-state index contributed by atoms with van der Waals surface area (Å²) in [7, 11) is 0. The van der Waals surface area contributed by atoms with E-state index in [2.05, 4.69) is 0 Å². The topological polar surface area (TPSA) is 131 Å². The highest BCUT2D eigenvalue weighted by Crippen LogP contribution is 2.33. The van der Waals surface area contributed by atoms with E-state index in [4.69, 9.17) is 10.8 Å². The molecule has 0 saturated carbocycles. The fourth-order valence-electron chi connectivity index (χ4n) is 6.96. The number of benzene rings is 2. The van der Waals surface area contributed by atoms with E-state index in [1.807, 2.05) is 0 Å². The number of hydrogen-bond donors (Lipinski definition) is 1. The van der Waals surface area contributed by atoms with Crippen LogP contribution in [-0.2, 0) is 45.3 Å². The van der Waals surface area contributed by atoms with Crippen molar-refractivity contribution in [3.63, 3.8) is 0 Å². The molecule has 0 radical (unpaired) electrons. The summed E-state index contributed by atoms with van der Waals surface area (Å²) >= 11 is 0. The normalized spacial score (nSPS) is 18.4. The molecule has 1 N–H and O–H groups in total. The highest BCUT2D eigenvalue weighted by Gasteiger charge is 2.40. The number of likely N-dealkylation sites (tertiary alicyclic amines) is 2. The largest absolute Gasteiger partial charge is 0.466 e. The number of alkyl halides is 4. The van der Waals surface area contributed by atoms with Gasteiger partial charge >= 0.3 is 23.8 Å². The van der Waals surface area contributed by atoms with Crippen LogP contribution in [0.25, 0.3) is 0 Å². The highest BCUT2D eigenvalue weighted by atomic mass is 19.3. The lowest BCUT2D eigenvalue weighted by atomic mass is 10.0. The molecule has 2 saturated heterocycles. The molecule has 10 nitrogen and oxygen atoms in total. The maximum atomic E-state index is 14.6. The second kappa shape index (κ2) is 25.7. The fraction of sp³-hybridized carbons (Fsp3) is 0.543. The summed E-state index contributed by atoms with van der Waals surface area (Å²) in [6.45, 7) is 5.27. The number of aliphatic hydroxyl groups is 1. The number of ketones is 1. The van der Waals surface area contributed by atoms with Gasteiger partial charge < -0.3 is 24.4 Å². The summed E-state index contributed by atoms with van der Waals surface area (Å²) in [6.07, 6.45) is 10.0. The molecule has 330 valence electrons. The van der Waals surface area contributed by atoms with Crippen LogP contribution in [0.3, 0.4) is 0 Å². The van der Waals surface area contributed by atoms with Gasteiger partial charge in [-0.25, -0.2) is 0 Å². The van der Waals surface area contributed by atoms with Crippen LogP contribution in [0.4, 0.5) is 17.6 Å². The van der Waals surface area contributed by atoms with Gasteiger partial charge in [-0.3, -0.25) is 24.0 Å². The molecule has 0 spiro atoms. The van der Waals surface area contributed by atoms with Gasteiger partial charge in [0.1, 0.15) is 6.08 Å². The van der Waals surface area contributed by atoms with Crippen LogP contribution in [0.5, 0.6) is 0 Å². The van der Waals surface area contributed by atoms with Crippen molar-refractivity contribution in [2.24, 2.45) is 0 Å². The monoisotopic (exact) mass is 846 g/mol. The molecule has 3 atom stereocenters. The Morgan fingerprint density at radius 1 is 0.717 bits per heavy atom. The molecule has 2 aliphatic heterocycles. The smallest absolute Gasteiger partial charge is 0.334 e. The molecule has 0 aromatic heterocycles. The summed E-state index contributed by atoms with van der Waals surface area (Å²) in [4.78, 5) is 62.2. The van der Waals surface area contributed by atoms with Crippen molar-refractivity contribution in [3.8, 4) is 0 Å². The first-order chi connectivity index (χ1) is 29.0. The van der Waals surface area contributed by atoms with Crippen molar-refractivity contribution in [2.45, 2.75) is 134 Å². The number of carbonyl (C=O) groups excluding carboxylic acids is 5. The van der Waals surface area contributed by atoms with Gasteiger partial charge in [0.2, 0.25) is 17.6 Å². The zero-order valence-electron chi connectivity index (χ0n) is 35.7. The molecular weight excluding hydrogens is 785 g/mol. The number of hydrogen-bond acceptors (Lipinski definition) is 8. The summed E-state index contributed by atoms with van der Waals surface area (Å²) in [5.41, 5.74) is -0.791. The van der Waals surface area contributed by atoms with Crippen molar-refractivity contribution in [1.82, 2.24) is 9.80 Å². The lowest BCUT2D eigenvalue weighted by Crippen LogP contribution is -2.34. The van der Waals surface area contributed by atoms with Gasteiger partial charge in [-0.1, -0.05) is 105 Å². The van der Waals surface area contributed by atoms with Crippen LogP contribution in [0.2, 0.25) is 0 Å². The molecule has 4 rings (SSSR count). The average molecular weight is 847 g/mol. The van der Waals surface area contributed by atoms with Crippen molar-refractivity contribution < 1.29 is 57.5 Å². The quantitative estimate of drug-likeness (QED) is 0.0366. The molecule has 2 fully saturated rings. The molecule has 14 heteroatoms. The molecule has 2 aliphatic rings. The van der Waals surface area contributed by atoms with Crippen LogP contribution in [0.15, 0.2) is 85.0 Å². The van der Waals surface area contributed by atoms with E-state index in [-0.39, 0.29) is 35.4 Å². The second-order valence-corrected chi connectivity index (χ2v) is 14.7. The minimum absolute atomic E-state index is 0.0292. The van der Waals surface area contributed by atoms with E-state index in [1.54, 1.807) is 35.8 Å². The molecule has 2 heterocycles. The lowest BCUT2D eigenvalue weighted by molar-refractivity contribution is -0.144. The third kappa shape index (κ3) is 16.0. The van der Waals surface area contributed by atoms with E-state index < -0.39 is 35.3 Å². The SMILES string of the molecule is CCOC(=O)CCCCCCN1C(=O)CC[C@@H]1/C=C/C(=O)C(F)(F)c1ccccc1.[3H][C@@](O)(/C=C/[C@H]1CCC(=O)N1CCCCCCC(=O)OCC)C(F)(F)c1ccccc1. The minimum atomic E-state index is -3.79. The third-order valence-electron chi connectivity index (χ3n) is 10.3. The number of nitrogens with zero attached hydrogens (tertiary/aromatic N) is 2. The number of unbranched alkanes of at least 4 members (excludes halogenated alkanes) is 6. The standard InChI is InChI=1S/C23H31F2NO4.C23H29F2NO4/c2*1-2-30-22(29)12-8-3-4-9-17-26-19(14-16-21(26)28)13-15-20(27)23(24,25)18-10-6-5-7-11-18/h5-7,10-11,13,15,19-20,27H,2-4,8-9,12,14,16-17H2,1H3;5-7,10-11,13,15,19H,2-4,8-9,12,14,16-17H2,1H3/b2*15-13+/t19-,20+;19-/m00/s1/i20T;. The number of halogens is 4. The first kappa shape index (κ1) is 47.8. The van der Waals surface area contributed by atoms with Gasteiger partial charge in [-0.05, 0) is 58.4 Å². The molecule has 2 amide bonds. The number of ether oxygens (including phenoxy) is 2. The third-order valence-corrected chi connectivity index (χ3v) is 10.3. The number of rotatable bonds is 24. The van der Waals surface area contributed by atoms with E-state index in [1.165, 1.54) is 60.7 Å². The van der Waals surface area contributed by atoms with E-state index >= 15 is 0 Å². The summed E-state index contributed by atoms with van der Waals surface area (Å²) in [5, 5.41) is 10.2. The fourth-order valence-corrected chi connectivity index (χ4v) is 6.96. The van der Waals surface area contributed by atoms with Crippen molar-refractivity contribution in [3.05, 3.63) is 96.1 Å². The van der Waals surface area contributed by atoms with Crippen molar-refractivity contribution >= 4 is 29.5 Å². The Bertz CT molecular complexity index is 1760. The molecular formula is C46H60F4N2O8. The van der Waals surface area contributed by atoms with Gasteiger partial charge in [-0.2, -0.15) is 17.6 Å². The first-order valence-electron chi connectivity index (χ1n) is 21.5. The molecule has 2 aromatic carbocycles. The first-order valence-corrected chi connectivity index (χ1v) is 21.0. The second-order valence-electron chi connectivity index (χ2n) is 14.7. The summed E-state index contributed by atoms with van der Waals surface area (Å²) < 4.78 is 75.4. The average Bonchev–Trinajstić information content (AvgIpc) is 3.78. The number of esters is 2. The molecule has 0 aliphatic carbocycles. The van der Waals surface area contributed by atoms with E-state index in [9.17, 15) is 46.6 Å². The van der Waals surface area contributed by atoms with Crippen LogP contribution in [0.1, 0.15) is 116 Å². The number of amides is 2. The van der Waals surface area contributed by atoms with Crippen LogP contribution >= 0.6 is 0 Å². The zero-order valence-corrected chi connectivity index (χ0v) is 34.7. The number of allylic oxidation sites excluding steroid dienone is 1. The van der Waals surface area contributed by atoms with Gasteiger partial charge in [-0.15, -0.1) is 0 Å². The van der Waals surface area contributed by atoms with Crippen molar-refractivity contribution in [2.75, 3.05) is 26.3 Å².